The molecule has 1 heterocycles. The molecule has 2 unspecified atom stereocenters. The lowest BCUT2D eigenvalue weighted by Gasteiger charge is -2.39. The van der Waals surface area contributed by atoms with Crippen molar-refractivity contribution in [2.24, 2.45) is 22.8 Å². The molecule has 2 fully saturated rings. The van der Waals surface area contributed by atoms with E-state index in [-0.39, 0.29) is 11.8 Å². The van der Waals surface area contributed by atoms with E-state index < -0.39 is 5.54 Å². The van der Waals surface area contributed by atoms with Gasteiger partial charge in [0.15, 0.2) is 0 Å². The number of piperidine rings is 1. The van der Waals surface area contributed by atoms with Gasteiger partial charge in [0, 0.05) is 0 Å². The summed E-state index contributed by atoms with van der Waals surface area (Å²) < 4.78 is 0. The van der Waals surface area contributed by atoms with Crippen molar-refractivity contribution in [1.82, 2.24) is 4.90 Å². The van der Waals surface area contributed by atoms with Gasteiger partial charge in [0.2, 0.25) is 5.91 Å². The van der Waals surface area contributed by atoms with Gasteiger partial charge in [-0.05, 0) is 63.1 Å². The highest BCUT2D eigenvalue weighted by atomic mass is 16.1. The van der Waals surface area contributed by atoms with Crippen molar-refractivity contribution < 1.29 is 4.79 Å². The lowest BCUT2D eigenvalue weighted by molar-refractivity contribution is -0.124. The summed E-state index contributed by atoms with van der Waals surface area (Å²) in [6.07, 6.45) is 7.73. The summed E-state index contributed by atoms with van der Waals surface area (Å²) in [6.45, 7) is 8.14. The molecule has 2 rings (SSSR count). The molecule has 4 N–H and O–H groups in total. The van der Waals surface area contributed by atoms with Gasteiger partial charge in [-0.25, -0.2) is 0 Å². The highest BCUT2D eigenvalue weighted by molar-refractivity contribution is 5.85. The van der Waals surface area contributed by atoms with Crippen LogP contribution in [-0.2, 0) is 4.79 Å². The number of nitrogens with two attached hydrogens (primary N) is 2. The molecule has 0 aromatic rings. The Morgan fingerprint density at radius 2 is 1.95 bits per heavy atom. The van der Waals surface area contributed by atoms with Gasteiger partial charge in [-0.1, -0.05) is 26.7 Å². The first kappa shape index (κ1) is 15.8. The molecule has 1 saturated heterocycles. The van der Waals surface area contributed by atoms with Crippen LogP contribution in [0.25, 0.3) is 0 Å². The van der Waals surface area contributed by atoms with E-state index in [1.165, 1.54) is 32.4 Å². The van der Waals surface area contributed by atoms with Gasteiger partial charge in [0.1, 0.15) is 0 Å². The van der Waals surface area contributed by atoms with Crippen molar-refractivity contribution in [1.29, 1.82) is 0 Å². The second kappa shape index (κ2) is 6.02. The zero-order valence-electron chi connectivity index (χ0n) is 13.2. The summed E-state index contributed by atoms with van der Waals surface area (Å²) in [5.41, 5.74) is 11.5. The third-order valence-electron chi connectivity index (χ3n) is 6.04. The molecular weight excluding hydrogens is 250 g/mol. The Bertz CT molecular complexity index is 350. The lowest BCUT2D eigenvalue weighted by Crippen LogP contribution is -2.55. The second-order valence-corrected chi connectivity index (χ2v) is 7.29. The molecule has 2 atom stereocenters. The number of amides is 1. The first-order valence-corrected chi connectivity index (χ1v) is 8.21. The molecule has 2 aliphatic rings. The molecule has 4 heteroatoms. The topological polar surface area (TPSA) is 72.3 Å². The summed E-state index contributed by atoms with van der Waals surface area (Å²) in [4.78, 5) is 14.1. The number of likely N-dealkylation sites (tertiary alicyclic amines) is 1. The molecule has 1 saturated carbocycles. The van der Waals surface area contributed by atoms with E-state index in [4.69, 9.17) is 11.5 Å². The van der Waals surface area contributed by atoms with E-state index in [1.807, 2.05) is 0 Å². The number of primary amides is 1. The SMILES string of the molecule is CCC1(C)CCN(CCC2CCCC2(N)C(N)=O)CC1. The first-order valence-electron chi connectivity index (χ1n) is 8.21. The maximum absolute atomic E-state index is 11.6. The molecular formula is C16H31N3O. The minimum absolute atomic E-state index is 0.277. The Balaban J connectivity index is 1.80. The molecule has 1 aliphatic carbocycles. The fraction of sp³-hybridized carbons (Fsp3) is 0.938. The zero-order chi connectivity index (χ0) is 14.8. The number of carbonyl (C=O) groups is 1. The highest BCUT2D eigenvalue weighted by Crippen LogP contribution is 2.37. The minimum Gasteiger partial charge on any atom is -0.368 e. The Labute approximate surface area is 123 Å². The number of nitrogens with zero attached hydrogens (tertiary/aromatic N) is 1. The number of hydrogen-bond acceptors (Lipinski definition) is 3. The van der Waals surface area contributed by atoms with E-state index in [1.54, 1.807) is 0 Å². The predicted octanol–water partition coefficient (Wildman–Crippen LogP) is 1.87. The van der Waals surface area contributed by atoms with Gasteiger partial charge in [-0.2, -0.15) is 0 Å². The largest absolute Gasteiger partial charge is 0.368 e. The lowest BCUT2D eigenvalue weighted by atomic mass is 9.78. The Morgan fingerprint density at radius 1 is 1.30 bits per heavy atom. The maximum Gasteiger partial charge on any atom is 0.237 e. The predicted molar refractivity (Wildman–Crippen MR) is 82.1 cm³/mol. The molecule has 4 nitrogen and oxygen atoms in total. The first-order chi connectivity index (χ1) is 9.39. The summed E-state index contributed by atoms with van der Waals surface area (Å²) in [5.74, 6) is -0.0308. The third-order valence-corrected chi connectivity index (χ3v) is 6.04. The molecule has 0 aromatic carbocycles. The summed E-state index contributed by atoms with van der Waals surface area (Å²) in [5, 5.41) is 0. The van der Waals surface area contributed by atoms with Crippen LogP contribution in [0, 0.1) is 11.3 Å². The van der Waals surface area contributed by atoms with E-state index in [9.17, 15) is 4.79 Å². The van der Waals surface area contributed by atoms with Crippen LogP contribution in [-0.4, -0.2) is 36.0 Å². The highest BCUT2D eigenvalue weighted by Gasteiger charge is 2.44. The van der Waals surface area contributed by atoms with Gasteiger partial charge in [-0.3, -0.25) is 4.79 Å². The van der Waals surface area contributed by atoms with Crippen molar-refractivity contribution >= 4 is 5.91 Å². The summed E-state index contributed by atoms with van der Waals surface area (Å²) in [6, 6.07) is 0. The van der Waals surface area contributed by atoms with Crippen molar-refractivity contribution in [2.45, 2.75) is 64.3 Å². The molecule has 1 amide bonds. The molecule has 0 bridgehead atoms. The minimum atomic E-state index is -0.742. The molecule has 1 aliphatic heterocycles. The number of carbonyl (C=O) groups excluding carboxylic acids is 1. The van der Waals surface area contributed by atoms with Crippen LogP contribution < -0.4 is 11.5 Å². The van der Waals surface area contributed by atoms with Crippen molar-refractivity contribution in [2.75, 3.05) is 19.6 Å². The Hall–Kier alpha value is -0.610. The van der Waals surface area contributed by atoms with Crippen LogP contribution >= 0.6 is 0 Å². The van der Waals surface area contributed by atoms with Gasteiger partial charge in [0.05, 0.1) is 5.54 Å². The quantitative estimate of drug-likeness (QED) is 0.808. The average Bonchev–Trinajstić information content (AvgIpc) is 2.81. The second-order valence-electron chi connectivity index (χ2n) is 7.29. The molecule has 0 aromatic heterocycles. The van der Waals surface area contributed by atoms with Crippen LogP contribution in [0.4, 0.5) is 0 Å². The zero-order valence-corrected chi connectivity index (χ0v) is 13.2. The van der Waals surface area contributed by atoms with Gasteiger partial charge < -0.3 is 16.4 Å². The number of hydrogen-bond donors (Lipinski definition) is 2. The normalized spacial score (nSPS) is 34.2. The standard InChI is InChI=1S/C16H31N3O/c1-3-15(2)8-11-19(12-9-15)10-6-13-5-4-7-16(13,18)14(17)20/h13H,3-12,18H2,1-2H3,(H2,17,20). The van der Waals surface area contributed by atoms with Crippen LogP contribution in [0.2, 0.25) is 0 Å². The maximum atomic E-state index is 11.6. The van der Waals surface area contributed by atoms with Crippen LogP contribution in [0.15, 0.2) is 0 Å². The fourth-order valence-electron chi connectivity index (χ4n) is 3.84. The van der Waals surface area contributed by atoms with Gasteiger partial charge in [0.25, 0.3) is 0 Å². The summed E-state index contributed by atoms with van der Waals surface area (Å²) in [7, 11) is 0. The Kier molecular flexibility index (Phi) is 4.75. The van der Waals surface area contributed by atoms with Crippen molar-refractivity contribution in [3.63, 3.8) is 0 Å². The third kappa shape index (κ3) is 3.17. The molecule has 0 spiro atoms. The molecule has 20 heavy (non-hydrogen) atoms. The van der Waals surface area contributed by atoms with E-state index in [0.29, 0.717) is 5.41 Å². The molecule has 0 radical (unpaired) electrons. The fourth-order valence-corrected chi connectivity index (χ4v) is 3.84. The van der Waals surface area contributed by atoms with Crippen LogP contribution in [0.5, 0.6) is 0 Å². The molecule has 116 valence electrons. The average molecular weight is 281 g/mol. The summed E-state index contributed by atoms with van der Waals surface area (Å²) >= 11 is 0. The Morgan fingerprint density at radius 3 is 2.50 bits per heavy atom. The van der Waals surface area contributed by atoms with E-state index in [0.717, 1.165) is 32.2 Å². The van der Waals surface area contributed by atoms with Gasteiger partial charge in [-0.15, -0.1) is 0 Å². The smallest absolute Gasteiger partial charge is 0.237 e. The van der Waals surface area contributed by atoms with E-state index >= 15 is 0 Å². The number of rotatable bonds is 5. The van der Waals surface area contributed by atoms with Crippen molar-refractivity contribution in [3.8, 4) is 0 Å². The van der Waals surface area contributed by atoms with E-state index in [2.05, 4.69) is 18.7 Å². The monoisotopic (exact) mass is 281 g/mol. The van der Waals surface area contributed by atoms with Crippen LogP contribution in [0.1, 0.15) is 58.8 Å². The van der Waals surface area contributed by atoms with Crippen LogP contribution in [0.3, 0.4) is 0 Å². The van der Waals surface area contributed by atoms with Gasteiger partial charge >= 0.3 is 0 Å². The van der Waals surface area contributed by atoms with Crippen molar-refractivity contribution in [3.05, 3.63) is 0 Å².